The standard InChI is InChI=1S/C9H9N3S/c10-6-12-9(11)5-7-3-1-2-4-8(7)13/h1-4,13H,5H2,(H2,11,12). The van der Waals surface area contributed by atoms with E-state index in [2.05, 4.69) is 17.6 Å². The van der Waals surface area contributed by atoms with Gasteiger partial charge in [0, 0.05) is 11.3 Å². The van der Waals surface area contributed by atoms with Crippen molar-refractivity contribution in [1.29, 1.82) is 5.26 Å². The molecule has 2 N–H and O–H groups in total. The van der Waals surface area contributed by atoms with Crippen LogP contribution in [0.5, 0.6) is 0 Å². The molecule has 1 aromatic carbocycles. The number of benzene rings is 1. The van der Waals surface area contributed by atoms with E-state index in [1.54, 1.807) is 6.19 Å². The molecule has 1 rings (SSSR count). The van der Waals surface area contributed by atoms with Gasteiger partial charge in [0.05, 0.1) is 0 Å². The number of aliphatic imine (C=N–C) groups is 1. The topological polar surface area (TPSA) is 62.2 Å². The molecule has 0 saturated carbocycles. The normalized spacial score (nSPS) is 10.9. The highest BCUT2D eigenvalue weighted by molar-refractivity contribution is 7.80. The monoisotopic (exact) mass is 191 g/mol. The van der Waals surface area contributed by atoms with Crippen molar-refractivity contribution in [3.05, 3.63) is 29.8 Å². The number of rotatable bonds is 2. The Morgan fingerprint density at radius 2 is 2.23 bits per heavy atom. The lowest BCUT2D eigenvalue weighted by Crippen LogP contribution is -2.14. The van der Waals surface area contributed by atoms with Crippen molar-refractivity contribution in [3.63, 3.8) is 0 Å². The van der Waals surface area contributed by atoms with E-state index >= 15 is 0 Å². The first-order valence-corrected chi connectivity index (χ1v) is 4.16. The third-order valence-corrected chi connectivity index (χ3v) is 1.99. The average molecular weight is 191 g/mol. The zero-order chi connectivity index (χ0) is 9.68. The van der Waals surface area contributed by atoms with Gasteiger partial charge in [-0.3, -0.25) is 0 Å². The predicted molar refractivity (Wildman–Crippen MR) is 54.6 cm³/mol. The van der Waals surface area contributed by atoms with Crippen molar-refractivity contribution in [2.75, 3.05) is 0 Å². The Balaban J connectivity index is 2.82. The van der Waals surface area contributed by atoms with E-state index in [0.717, 1.165) is 10.5 Å². The number of amidine groups is 1. The fraction of sp³-hybridized carbons (Fsp3) is 0.111. The van der Waals surface area contributed by atoms with Gasteiger partial charge in [-0.1, -0.05) is 18.2 Å². The van der Waals surface area contributed by atoms with Crippen LogP contribution in [0.3, 0.4) is 0 Å². The van der Waals surface area contributed by atoms with Gasteiger partial charge in [-0.2, -0.15) is 10.3 Å². The Bertz CT molecular complexity index is 365. The second kappa shape index (κ2) is 4.53. The second-order valence-corrected chi connectivity index (χ2v) is 2.99. The minimum atomic E-state index is 0.309. The summed E-state index contributed by atoms with van der Waals surface area (Å²) >= 11 is 4.25. The van der Waals surface area contributed by atoms with Crippen LogP contribution in [0, 0.1) is 11.5 Å². The molecule has 0 aliphatic heterocycles. The van der Waals surface area contributed by atoms with Crippen LogP contribution in [0.15, 0.2) is 34.2 Å². The molecule has 0 heterocycles. The molecule has 0 atom stereocenters. The molecule has 0 aromatic heterocycles. The lowest BCUT2D eigenvalue weighted by atomic mass is 10.1. The fourth-order valence-corrected chi connectivity index (χ4v) is 1.20. The van der Waals surface area contributed by atoms with Crippen LogP contribution < -0.4 is 5.73 Å². The number of hydrogen-bond donors (Lipinski definition) is 2. The maximum absolute atomic E-state index is 8.25. The Hall–Kier alpha value is -1.47. The van der Waals surface area contributed by atoms with Crippen LogP contribution in [0.1, 0.15) is 5.56 Å². The summed E-state index contributed by atoms with van der Waals surface area (Å²) < 4.78 is 0. The smallest absolute Gasteiger partial charge is 0.207 e. The first-order chi connectivity index (χ1) is 6.24. The van der Waals surface area contributed by atoms with Gasteiger partial charge in [-0.25, -0.2) is 0 Å². The molecule has 4 heteroatoms. The lowest BCUT2D eigenvalue weighted by Gasteiger charge is -2.02. The SMILES string of the molecule is N#CN=C(N)Cc1ccccc1S. The van der Waals surface area contributed by atoms with Gasteiger partial charge < -0.3 is 5.73 Å². The molecule has 0 unspecified atom stereocenters. The maximum Gasteiger partial charge on any atom is 0.207 e. The summed E-state index contributed by atoms with van der Waals surface area (Å²) in [6.07, 6.45) is 2.11. The van der Waals surface area contributed by atoms with Crippen LogP contribution in [0.4, 0.5) is 0 Å². The Kier molecular flexibility index (Phi) is 3.35. The van der Waals surface area contributed by atoms with Crippen LogP contribution in [0.25, 0.3) is 0 Å². The first-order valence-electron chi connectivity index (χ1n) is 3.72. The molecule has 0 spiro atoms. The molecule has 0 amide bonds. The van der Waals surface area contributed by atoms with Crippen LogP contribution in [0.2, 0.25) is 0 Å². The molecular weight excluding hydrogens is 182 g/mol. The average Bonchev–Trinajstić information content (AvgIpc) is 2.09. The van der Waals surface area contributed by atoms with E-state index in [9.17, 15) is 0 Å². The fourth-order valence-electron chi connectivity index (χ4n) is 0.959. The Morgan fingerprint density at radius 3 is 2.85 bits per heavy atom. The molecule has 0 saturated heterocycles. The number of hydrogen-bond acceptors (Lipinski definition) is 3. The highest BCUT2D eigenvalue weighted by atomic mass is 32.1. The molecule has 0 fully saturated rings. The van der Waals surface area contributed by atoms with Gasteiger partial charge >= 0.3 is 0 Å². The highest BCUT2D eigenvalue weighted by Crippen LogP contribution is 2.12. The van der Waals surface area contributed by atoms with E-state index in [4.69, 9.17) is 11.0 Å². The minimum absolute atomic E-state index is 0.309. The number of nitriles is 1. The summed E-state index contributed by atoms with van der Waals surface area (Å²) in [5.74, 6) is 0.309. The summed E-state index contributed by atoms with van der Waals surface area (Å²) in [4.78, 5) is 4.29. The van der Waals surface area contributed by atoms with Crippen molar-refractivity contribution < 1.29 is 0 Å². The van der Waals surface area contributed by atoms with E-state index in [1.165, 1.54) is 0 Å². The van der Waals surface area contributed by atoms with Crippen LogP contribution in [-0.4, -0.2) is 5.84 Å². The molecule has 66 valence electrons. The van der Waals surface area contributed by atoms with Crippen LogP contribution >= 0.6 is 12.6 Å². The summed E-state index contributed by atoms with van der Waals surface area (Å²) in [6, 6.07) is 7.57. The van der Waals surface area contributed by atoms with Crippen LogP contribution in [-0.2, 0) is 6.42 Å². The highest BCUT2D eigenvalue weighted by Gasteiger charge is 1.99. The first kappa shape index (κ1) is 9.62. The van der Waals surface area contributed by atoms with E-state index in [1.807, 2.05) is 24.3 Å². The molecule has 3 nitrogen and oxygen atoms in total. The Labute approximate surface area is 82.3 Å². The summed E-state index contributed by atoms with van der Waals surface area (Å²) in [5, 5.41) is 8.25. The third kappa shape index (κ3) is 2.80. The molecule has 0 aliphatic carbocycles. The molecule has 0 bridgehead atoms. The predicted octanol–water partition coefficient (Wildman–Crippen LogP) is 1.36. The Morgan fingerprint density at radius 1 is 1.54 bits per heavy atom. The summed E-state index contributed by atoms with van der Waals surface area (Å²) in [7, 11) is 0. The van der Waals surface area contributed by atoms with Gasteiger partial charge in [0.1, 0.15) is 5.84 Å². The van der Waals surface area contributed by atoms with Crippen molar-refractivity contribution in [2.24, 2.45) is 10.7 Å². The zero-order valence-corrected chi connectivity index (χ0v) is 7.83. The van der Waals surface area contributed by atoms with Gasteiger partial charge in [0.15, 0.2) is 0 Å². The van der Waals surface area contributed by atoms with Crippen molar-refractivity contribution in [3.8, 4) is 6.19 Å². The molecule has 13 heavy (non-hydrogen) atoms. The van der Waals surface area contributed by atoms with E-state index in [0.29, 0.717) is 12.3 Å². The molecular formula is C9H9N3S. The lowest BCUT2D eigenvalue weighted by molar-refractivity contribution is 1.20. The van der Waals surface area contributed by atoms with Gasteiger partial charge in [-0.15, -0.1) is 12.6 Å². The third-order valence-electron chi connectivity index (χ3n) is 1.56. The minimum Gasteiger partial charge on any atom is -0.386 e. The second-order valence-electron chi connectivity index (χ2n) is 2.51. The van der Waals surface area contributed by atoms with Gasteiger partial charge in [-0.05, 0) is 11.6 Å². The molecule has 1 aromatic rings. The van der Waals surface area contributed by atoms with E-state index < -0.39 is 0 Å². The number of nitrogens with zero attached hydrogens (tertiary/aromatic N) is 2. The van der Waals surface area contributed by atoms with Gasteiger partial charge in [0.25, 0.3) is 0 Å². The number of thiol groups is 1. The quantitative estimate of drug-likeness (QED) is 0.321. The maximum atomic E-state index is 8.25. The molecule has 0 aliphatic rings. The van der Waals surface area contributed by atoms with E-state index in [-0.39, 0.29) is 0 Å². The largest absolute Gasteiger partial charge is 0.386 e. The summed E-state index contributed by atoms with van der Waals surface area (Å²) in [5.41, 5.74) is 6.45. The van der Waals surface area contributed by atoms with Crippen molar-refractivity contribution in [2.45, 2.75) is 11.3 Å². The van der Waals surface area contributed by atoms with Crippen molar-refractivity contribution in [1.82, 2.24) is 0 Å². The zero-order valence-electron chi connectivity index (χ0n) is 6.94. The summed E-state index contributed by atoms with van der Waals surface area (Å²) in [6.45, 7) is 0. The van der Waals surface area contributed by atoms with Crippen molar-refractivity contribution >= 4 is 18.5 Å². The number of nitrogens with two attached hydrogens (primary N) is 1. The van der Waals surface area contributed by atoms with Gasteiger partial charge in [0.2, 0.25) is 6.19 Å². The molecule has 0 radical (unpaired) electrons.